The normalized spacial score (nSPS) is 14.1. The van der Waals surface area contributed by atoms with Gasteiger partial charge in [0, 0.05) is 17.5 Å². The molecular formula is C14H17N3OS. The highest BCUT2D eigenvalue weighted by molar-refractivity contribution is 7.13. The van der Waals surface area contributed by atoms with E-state index in [1.54, 1.807) is 0 Å². The van der Waals surface area contributed by atoms with Crippen LogP contribution >= 0.6 is 11.3 Å². The van der Waals surface area contributed by atoms with Crippen molar-refractivity contribution in [1.29, 1.82) is 0 Å². The molecule has 0 spiro atoms. The molecule has 2 N–H and O–H groups in total. The first-order valence-electron chi connectivity index (χ1n) is 6.51. The summed E-state index contributed by atoms with van der Waals surface area (Å²) in [5.74, 6) is 0.964. The number of nitrogens with two attached hydrogens (primary N) is 1. The molecule has 5 heteroatoms. The number of ether oxygens (including phenoxy) is 1. The van der Waals surface area contributed by atoms with Crippen molar-refractivity contribution < 1.29 is 4.74 Å². The summed E-state index contributed by atoms with van der Waals surface area (Å²) in [6, 6.07) is 6.23. The van der Waals surface area contributed by atoms with Gasteiger partial charge in [0.25, 0.3) is 0 Å². The minimum absolute atomic E-state index is 0.606. The Morgan fingerprint density at radius 3 is 3.11 bits per heavy atom. The molecular weight excluding hydrogens is 258 g/mol. The Balaban J connectivity index is 1.99. The van der Waals surface area contributed by atoms with Crippen LogP contribution in [0.3, 0.4) is 0 Å². The van der Waals surface area contributed by atoms with Gasteiger partial charge in [-0.3, -0.25) is 0 Å². The van der Waals surface area contributed by atoms with Gasteiger partial charge in [0.2, 0.25) is 0 Å². The summed E-state index contributed by atoms with van der Waals surface area (Å²) in [4.78, 5) is 6.71. The van der Waals surface area contributed by atoms with Crippen LogP contribution in [0.1, 0.15) is 13.3 Å². The Morgan fingerprint density at radius 2 is 2.37 bits per heavy atom. The molecule has 3 rings (SSSR count). The smallest absolute Gasteiger partial charge is 0.180 e. The van der Waals surface area contributed by atoms with E-state index in [4.69, 9.17) is 10.5 Å². The van der Waals surface area contributed by atoms with Crippen molar-refractivity contribution in [3.8, 4) is 17.0 Å². The monoisotopic (exact) mass is 275 g/mol. The lowest BCUT2D eigenvalue weighted by molar-refractivity contribution is 0.307. The number of nitrogens with zero attached hydrogens (tertiary/aromatic N) is 2. The van der Waals surface area contributed by atoms with Crippen molar-refractivity contribution in [3.05, 3.63) is 23.6 Å². The highest BCUT2D eigenvalue weighted by Crippen LogP contribution is 2.36. The summed E-state index contributed by atoms with van der Waals surface area (Å²) >= 11 is 1.47. The summed E-state index contributed by atoms with van der Waals surface area (Å²) in [6.45, 7) is 4.96. The quantitative estimate of drug-likeness (QED) is 0.935. The van der Waals surface area contributed by atoms with E-state index in [2.05, 4.69) is 22.9 Å². The molecule has 0 radical (unpaired) electrons. The number of nitrogen functional groups attached to an aromatic ring is 1. The lowest BCUT2D eigenvalue weighted by Gasteiger charge is -2.31. The number of thiazole rings is 1. The van der Waals surface area contributed by atoms with Crippen LogP contribution in [0, 0.1) is 0 Å². The molecule has 1 aliphatic rings. The molecule has 0 aliphatic carbocycles. The van der Waals surface area contributed by atoms with Gasteiger partial charge in [0.15, 0.2) is 5.13 Å². The van der Waals surface area contributed by atoms with Gasteiger partial charge in [-0.15, -0.1) is 11.3 Å². The maximum absolute atomic E-state index is 5.71. The molecule has 1 aromatic carbocycles. The Labute approximate surface area is 116 Å². The van der Waals surface area contributed by atoms with Crippen LogP contribution in [-0.2, 0) is 0 Å². The first-order valence-corrected chi connectivity index (χ1v) is 7.39. The van der Waals surface area contributed by atoms with E-state index < -0.39 is 0 Å². The van der Waals surface area contributed by atoms with E-state index in [0.29, 0.717) is 5.13 Å². The van der Waals surface area contributed by atoms with Crippen molar-refractivity contribution >= 4 is 22.2 Å². The SMILES string of the molecule is CCCN1CCOc2ccc(-c3csc(N)n3)cc21. The van der Waals surface area contributed by atoms with E-state index in [1.165, 1.54) is 11.3 Å². The lowest BCUT2D eigenvalue weighted by Crippen LogP contribution is -2.33. The van der Waals surface area contributed by atoms with Crippen LogP contribution in [0.5, 0.6) is 5.75 Å². The molecule has 19 heavy (non-hydrogen) atoms. The number of aromatic nitrogens is 1. The molecule has 4 nitrogen and oxygen atoms in total. The van der Waals surface area contributed by atoms with Gasteiger partial charge in [-0.25, -0.2) is 4.98 Å². The number of rotatable bonds is 3. The average Bonchev–Trinajstić information content (AvgIpc) is 2.86. The van der Waals surface area contributed by atoms with Gasteiger partial charge in [0.05, 0.1) is 17.9 Å². The van der Waals surface area contributed by atoms with Crippen LogP contribution in [0.25, 0.3) is 11.3 Å². The van der Waals surface area contributed by atoms with Crippen LogP contribution in [-0.4, -0.2) is 24.7 Å². The maximum Gasteiger partial charge on any atom is 0.180 e. The Morgan fingerprint density at radius 1 is 1.47 bits per heavy atom. The largest absolute Gasteiger partial charge is 0.490 e. The van der Waals surface area contributed by atoms with Crippen molar-refractivity contribution in [1.82, 2.24) is 4.98 Å². The number of hydrogen-bond donors (Lipinski definition) is 1. The molecule has 2 aromatic rings. The summed E-state index contributed by atoms with van der Waals surface area (Å²) in [5, 5.41) is 2.60. The summed E-state index contributed by atoms with van der Waals surface area (Å²) in [7, 11) is 0. The van der Waals surface area contributed by atoms with Crippen LogP contribution in [0.4, 0.5) is 10.8 Å². The van der Waals surface area contributed by atoms with Crippen LogP contribution in [0.15, 0.2) is 23.6 Å². The Kier molecular flexibility index (Phi) is 3.29. The molecule has 0 saturated carbocycles. The van der Waals surface area contributed by atoms with Crippen LogP contribution in [0.2, 0.25) is 0 Å². The van der Waals surface area contributed by atoms with Gasteiger partial charge in [-0.05, 0) is 24.6 Å². The third kappa shape index (κ3) is 2.38. The van der Waals surface area contributed by atoms with E-state index >= 15 is 0 Å². The topological polar surface area (TPSA) is 51.4 Å². The first-order chi connectivity index (χ1) is 9.28. The Bertz CT molecular complexity index is 582. The second-order valence-corrected chi connectivity index (χ2v) is 5.48. The molecule has 0 atom stereocenters. The zero-order valence-electron chi connectivity index (χ0n) is 10.9. The molecule has 100 valence electrons. The predicted octanol–water partition coefficient (Wildman–Crippen LogP) is 3.00. The lowest BCUT2D eigenvalue weighted by atomic mass is 10.1. The fourth-order valence-electron chi connectivity index (χ4n) is 2.35. The molecule has 0 bridgehead atoms. The molecule has 1 aliphatic heterocycles. The van der Waals surface area contributed by atoms with E-state index in [9.17, 15) is 0 Å². The second-order valence-electron chi connectivity index (χ2n) is 4.59. The predicted molar refractivity (Wildman–Crippen MR) is 80.0 cm³/mol. The van der Waals surface area contributed by atoms with E-state index in [-0.39, 0.29) is 0 Å². The third-order valence-electron chi connectivity index (χ3n) is 3.23. The third-order valence-corrected chi connectivity index (χ3v) is 3.90. The molecule has 0 saturated heterocycles. The maximum atomic E-state index is 5.71. The Hall–Kier alpha value is -1.75. The minimum atomic E-state index is 0.606. The molecule has 0 unspecified atom stereocenters. The van der Waals surface area contributed by atoms with Crippen molar-refractivity contribution in [2.24, 2.45) is 0 Å². The van der Waals surface area contributed by atoms with E-state index in [0.717, 1.165) is 48.8 Å². The van der Waals surface area contributed by atoms with Gasteiger partial charge >= 0.3 is 0 Å². The first kappa shape index (κ1) is 12.3. The van der Waals surface area contributed by atoms with Gasteiger partial charge in [0.1, 0.15) is 12.4 Å². The van der Waals surface area contributed by atoms with Gasteiger partial charge in [-0.1, -0.05) is 6.92 Å². The molecule has 0 fully saturated rings. The summed E-state index contributed by atoms with van der Waals surface area (Å²) < 4.78 is 5.71. The number of benzene rings is 1. The number of anilines is 2. The summed E-state index contributed by atoms with van der Waals surface area (Å²) in [5.41, 5.74) is 8.90. The zero-order valence-corrected chi connectivity index (χ0v) is 11.7. The summed E-state index contributed by atoms with van der Waals surface area (Å²) in [6.07, 6.45) is 1.13. The standard InChI is InChI=1S/C14H17N3OS/c1-2-5-17-6-7-18-13-4-3-10(8-12(13)17)11-9-19-14(15)16-11/h3-4,8-9H,2,5-7H2,1H3,(H2,15,16). The van der Waals surface area contributed by atoms with Crippen molar-refractivity contribution in [3.63, 3.8) is 0 Å². The molecule has 1 aromatic heterocycles. The van der Waals surface area contributed by atoms with Gasteiger partial charge < -0.3 is 15.4 Å². The second kappa shape index (κ2) is 5.09. The fourth-order valence-corrected chi connectivity index (χ4v) is 2.93. The van der Waals surface area contributed by atoms with Crippen LogP contribution < -0.4 is 15.4 Å². The molecule has 2 heterocycles. The van der Waals surface area contributed by atoms with E-state index in [1.807, 2.05) is 17.5 Å². The van der Waals surface area contributed by atoms with Crippen molar-refractivity contribution in [2.45, 2.75) is 13.3 Å². The fraction of sp³-hybridized carbons (Fsp3) is 0.357. The average molecular weight is 275 g/mol. The zero-order chi connectivity index (χ0) is 13.2. The highest BCUT2D eigenvalue weighted by Gasteiger charge is 2.18. The number of fused-ring (bicyclic) bond motifs is 1. The highest BCUT2D eigenvalue weighted by atomic mass is 32.1. The number of hydrogen-bond acceptors (Lipinski definition) is 5. The minimum Gasteiger partial charge on any atom is -0.490 e. The molecule has 0 amide bonds. The van der Waals surface area contributed by atoms with Gasteiger partial charge in [-0.2, -0.15) is 0 Å². The van der Waals surface area contributed by atoms with Crippen molar-refractivity contribution in [2.75, 3.05) is 30.3 Å².